The molecule has 0 spiro atoms. The lowest BCUT2D eigenvalue weighted by molar-refractivity contribution is 0.132. The third kappa shape index (κ3) is 3.08. The lowest BCUT2D eigenvalue weighted by atomic mass is 9.76. The summed E-state index contributed by atoms with van der Waals surface area (Å²) in [5.74, 6) is 0.853. The van der Waals surface area contributed by atoms with Crippen LogP contribution < -0.4 is 10.6 Å². The molecule has 5 heteroatoms. The van der Waals surface area contributed by atoms with Gasteiger partial charge in [-0.1, -0.05) is 30.7 Å². The van der Waals surface area contributed by atoms with E-state index in [2.05, 4.69) is 29.7 Å². The molecule has 3 atom stereocenters. The number of amides is 2. The molecule has 2 amide bonds. The maximum atomic E-state index is 12.1. The van der Waals surface area contributed by atoms with E-state index in [0.29, 0.717) is 17.9 Å². The second kappa shape index (κ2) is 6.88. The number of carbonyl (C=O) groups excluding carboxylic acids is 1. The summed E-state index contributed by atoms with van der Waals surface area (Å²) in [7, 11) is 0. The molecule has 3 unspecified atom stereocenters. The van der Waals surface area contributed by atoms with Crippen LogP contribution in [0.1, 0.15) is 31.2 Å². The van der Waals surface area contributed by atoms with E-state index in [1.807, 2.05) is 17.0 Å². The van der Waals surface area contributed by atoms with Crippen molar-refractivity contribution in [3.8, 4) is 0 Å². The van der Waals surface area contributed by atoms with Gasteiger partial charge in [-0.25, -0.2) is 4.79 Å². The predicted octanol–water partition coefficient (Wildman–Crippen LogP) is 2.84. The number of hydrogen-bond donors (Lipinski definition) is 2. The molecule has 2 heterocycles. The van der Waals surface area contributed by atoms with Gasteiger partial charge >= 0.3 is 6.03 Å². The molecule has 4 nitrogen and oxygen atoms in total. The van der Waals surface area contributed by atoms with Crippen molar-refractivity contribution in [1.82, 2.24) is 15.5 Å². The molecule has 2 aliphatic rings. The Bertz CT molecular complexity index is 536. The molecule has 2 fully saturated rings. The summed E-state index contributed by atoms with van der Waals surface area (Å²) in [5.41, 5.74) is 1.29. The van der Waals surface area contributed by atoms with Crippen molar-refractivity contribution in [2.75, 3.05) is 26.2 Å². The van der Waals surface area contributed by atoms with Crippen LogP contribution in [0.5, 0.6) is 0 Å². The third-order valence-corrected chi connectivity index (χ3v) is 5.25. The largest absolute Gasteiger partial charge is 0.336 e. The normalized spacial score (nSPS) is 26.8. The lowest BCUT2D eigenvalue weighted by Crippen LogP contribution is -2.52. The maximum absolute atomic E-state index is 12.1. The van der Waals surface area contributed by atoms with Crippen molar-refractivity contribution < 1.29 is 4.79 Å². The third-order valence-electron chi connectivity index (χ3n) is 5.01. The summed E-state index contributed by atoms with van der Waals surface area (Å²) in [6, 6.07) is 8.59. The molecule has 2 saturated heterocycles. The van der Waals surface area contributed by atoms with Crippen LogP contribution in [0, 0.1) is 5.92 Å². The first kappa shape index (κ1) is 15.6. The summed E-state index contributed by atoms with van der Waals surface area (Å²) in [6.45, 7) is 5.76. The van der Waals surface area contributed by atoms with Crippen molar-refractivity contribution in [3.63, 3.8) is 0 Å². The van der Waals surface area contributed by atoms with Gasteiger partial charge in [0.25, 0.3) is 0 Å². The topological polar surface area (TPSA) is 44.4 Å². The number of urea groups is 1. The number of hydrogen-bond acceptors (Lipinski definition) is 2. The number of nitrogens with one attached hydrogen (secondary N) is 2. The Morgan fingerprint density at radius 2 is 2.27 bits per heavy atom. The monoisotopic (exact) mass is 321 g/mol. The smallest absolute Gasteiger partial charge is 0.317 e. The van der Waals surface area contributed by atoms with E-state index in [9.17, 15) is 4.79 Å². The van der Waals surface area contributed by atoms with Crippen LogP contribution in [0.2, 0.25) is 5.02 Å². The fourth-order valence-corrected chi connectivity index (χ4v) is 4.19. The first-order chi connectivity index (χ1) is 10.7. The second-order valence-corrected chi connectivity index (χ2v) is 6.66. The highest BCUT2D eigenvalue weighted by Gasteiger charge is 2.38. The zero-order valence-corrected chi connectivity index (χ0v) is 13.8. The van der Waals surface area contributed by atoms with Crippen LogP contribution in [0.15, 0.2) is 24.3 Å². The Morgan fingerprint density at radius 3 is 2.95 bits per heavy atom. The van der Waals surface area contributed by atoms with Crippen molar-refractivity contribution in [1.29, 1.82) is 0 Å². The lowest BCUT2D eigenvalue weighted by Gasteiger charge is -2.41. The molecule has 1 aromatic rings. The Hall–Kier alpha value is -1.26. The quantitative estimate of drug-likeness (QED) is 0.895. The summed E-state index contributed by atoms with van der Waals surface area (Å²) < 4.78 is 0. The summed E-state index contributed by atoms with van der Waals surface area (Å²) in [6.07, 6.45) is 2.08. The van der Waals surface area contributed by atoms with Gasteiger partial charge in [-0.15, -0.1) is 0 Å². The van der Waals surface area contributed by atoms with Crippen LogP contribution in [0.4, 0.5) is 4.79 Å². The highest BCUT2D eigenvalue weighted by atomic mass is 35.5. The number of halogens is 1. The molecule has 120 valence electrons. The number of benzene rings is 1. The highest BCUT2D eigenvalue weighted by Crippen LogP contribution is 2.36. The van der Waals surface area contributed by atoms with E-state index in [4.69, 9.17) is 11.6 Å². The highest BCUT2D eigenvalue weighted by molar-refractivity contribution is 6.30. The van der Waals surface area contributed by atoms with Crippen LogP contribution in [-0.2, 0) is 0 Å². The molecule has 0 aliphatic carbocycles. The van der Waals surface area contributed by atoms with Crippen molar-refractivity contribution in [3.05, 3.63) is 34.9 Å². The summed E-state index contributed by atoms with van der Waals surface area (Å²) in [5, 5.41) is 7.24. The maximum Gasteiger partial charge on any atom is 0.317 e. The first-order valence-corrected chi connectivity index (χ1v) is 8.59. The minimum absolute atomic E-state index is 0.0952. The van der Waals surface area contributed by atoms with Crippen LogP contribution in [0.25, 0.3) is 0 Å². The molecule has 0 bridgehead atoms. The van der Waals surface area contributed by atoms with Gasteiger partial charge in [-0.3, -0.25) is 0 Å². The van der Waals surface area contributed by atoms with Crippen LogP contribution >= 0.6 is 11.6 Å². The fraction of sp³-hybridized carbons (Fsp3) is 0.588. The average molecular weight is 322 g/mol. The summed E-state index contributed by atoms with van der Waals surface area (Å²) in [4.78, 5) is 14.1. The SMILES string of the molecule is CCC(c1cccc(Cl)c1)C1CNCCC1N1CCNC1=O. The van der Waals surface area contributed by atoms with E-state index >= 15 is 0 Å². The molecular formula is C17H24ClN3O. The molecule has 2 aliphatic heterocycles. The van der Waals surface area contributed by atoms with Gasteiger partial charge < -0.3 is 15.5 Å². The van der Waals surface area contributed by atoms with E-state index < -0.39 is 0 Å². The molecule has 0 aromatic heterocycles. The first-order valence-electron chi connectivity index (χ1n) is 8.21. The van der Waals surface area contributed by atoms with Crippen molar-refractivity contribution in [2.45, 2.75) is 31.7 Å². The second-order valence-electron chi connectivity index (χ2n) is 6.22. The number of piperidine rings is 1. The molecule has 22 heavy (non-hydrogen) atoms. The molecule has 2 N–H and O–H groups in total. The van der Waals surface area contributed by atoms with Crippen LogP contribution in [0.3, 0.4) is 0 Å². The number of rotatable bonds is 4. The van der Waals surface area contributed by atoms with E-state index in [1.165, 1.54) is 5.56 Å². The van der Waals surface area contributed by atoms with Gasteiger partial charge in [-0.05, 0) is 48.9 Å². The number of nitrogens with zero attached hydrogens (tertiary/aromatic N) is 1. The minimum Gasteiger partial charge on any atom is -0.336 e. The van der Waals surface area contributed by atoms with Gasteiger partial charge in [0.1, 0.15) is 0 Å². The molecule has 1 aromatic carbocycles. The van der Waals surface area contributed by atoms with Gasteiger partial charge in [-0.2, -0.15) is 0 Å². The van der Waals surface area contributed by atoms with Gasteiger partial charge in [0.15, 0.2) is 0 Å². The Balaban J connectivity index is 1.86. The predicted molar refractivity (Wildman–Crippen MR) is 89.4 cm³/mol. The molecular weight excluding hydrogens is 298 g/mol. The summed E-state index contributed by atoms with van der Waals surface area (Å²) >= 11 is 6.18. The van der Waals surface area contributed by atoms with E-state index in [-0.39, 0.29) is 6.03 Å². The van der Waals surface area contributed by atoms with Crippen molar-refractivity contribution >= 4 is 17.6 Å². The van der Waals surface area contributed by atoms with E-state index in [1.54, 1.807) is 0 Å². The van der Waals surface area contributed by atoms with Gasteiger partial charge in [0, 0.05) is 30.7 Å². The van der Waals surface area contributed by atoms with Gasteiger partial charge in [0.2, 0.25) is 0 Å². The van der Waals surface area contributed by atoms with Gasteiger partial charge in [0.05, 0.1) is 0 Å². The fourth-order valence-electron chi connectivity index (χ4n) is 3.99. The zero-order chi connectivity index (χ0) is 15.5. The van der Waals surface area contributed by atoms with E-state index in [0.717, 1.165) is 44.0 Å². The van der Waals surface area contributed by atoms with Crippen molar-refractivity contribution in [2.24, 2.45) is 5.92 Å². The Labute approximate surface area is 137 Å². The minimum atomic E-state index is 0.0952. The Kier molecular flexibility index (Phi) is 4.89. The molecule has 0 radical (unpaired) electrons. The standard InChI is InChI=1S/C17H24ClN3O/c1-2-14(12-4-3-5-13(18)10-12)15-11-19-7-6-16(15)21-9-8-20-17(21)22/h3-5,10,14-16,19H,2,6-9,11H2,1H3,(H,20,22). The zero-order valence-electron chi connectivity index (χ0n) is 13.0. The molecule has 0 saturated carbocycles. The van der Waals surface area contributed by atoms with Crippen LogP contribution in [-0.4, -0.2) is 43.2 Å². The number of carbonyl (C=O) groups is 1. The average Bonchev–Trinajstić information content (AvgIpc) is 2.95. The Morgan fingerprint density at radius 1 is 1.41 bits per heavy atom. The molecule has 3 rings (SSSR count).